The first-order chi connectivity index (χ1) is 6.24. The lowest BCUT2D eigenvalue weighted by Crippen LogP contribution is -2.23. The van der Waals surface area contributed by atoms with Crippen LogP contribution in [0.25, 0.3) is 0 Å². The van der Waals surface area contributed by atoms with Gasteiger partial charge in [-0.2, -0.15) is 0 Å². The molecule has 13 heavy (non-hydrogen) atoms. The van der Waals surface area contributed by atoms with E-state index in [9.17, 15) is 4.79 Å². The van der Waals surface area contributed by atoms with Crippen molar-refractivity contribution in [3.63, 3.8) is 0 Å². The van der Waals surface area contributed by atoms with E-state index in [0.29, 0.717) is 6.42 Å². The molecule has 0 aliphatic carbocycles. The van der Waals surface area contributed by atoms with E-state index in [0.717, 1.165) is 11.3 Å². The third-order valence-electron chi connectivity index (χ3n) is 1.56. The summed E-state index contributed by atoms with van der Waals surface area (Å²) in [6, 6.07) is 3.97. The minimum Gasteiger partial charge on any atom is -0.339 e. The molecule has 1 heterocycles. The summed E-state index contributed by atoms with van der Waals surface area (Å²) in [6.07, 6.45) is 1.48. The van der Waals surface area contributed by atoms with Crippen LogP contribution >= 0.6 is 27.3 Å². The topological polar surface area (TPSA) is 29.1 Å². The fourth-order valence-corrected chi connectivity index (χ4v) is 2.33. The number of carbonyl (C=O) groups is 1. The van der Waals surface area contributed by atoms with Crippen molar-refractivity contribution in [2.24, 2.45) is 0 Å². The second-order valence-corrected chi connectivity index (χ2v) is 4.59. The Bertz CT molecular complexity index is 261. The zero-order chi connectivity index (χ0) is 9.68. The molecule has 0 aliphatic rings. The molecule has 1 amide bonds. The highest BCUT2D eigenvalue weighted by Crippen LogP contribution is 2.23. The first kappa shape index (κ1) is 10.7. The minimum atomic E-state index is -0.0356. The van der Waals surface area contributed by atoms with Crippen LogP contribution in [0.4, 0.5) is 0 Å². The van der Waals surface area contributed by atoms with E-state index in [2.05, 4.69) is 21.2 Å². The van der Waals surface area contributed by atoms with Gasteiger partial charge in [-0.3, -0.25) is 4.79 Å². The summed E-state index contributed by atoms with van der Waals surface area (Å²) in [4.78, 5) is 12.3. The average molecular weight is 262 g/mol. The SMILES string of the molecule is CCCC(=O)NC(Br)c1cccs1. The molecule has 1 atom stereocenters. The van der Waals surface area contributed by atoms with E-state index >= 15 is 0 Å². The van der Waals surface area contributed by atoms with Gasteiger partial charge < -0.3 is 5.32 Å². The smallest absolute Gasteiger partial charge is 0.221 e. The molecule has 72 valence electrons. The van der Waals surface area contributed by atoms with Crippen molar-refractivity contribution < 1.29 is 4.79 Å². The predicted octanol–water partition coefficient (Wildman–Crippen LogP) is 3.06. The number of alkyl halides is 1. The van der Waals surface area contributed by atoms with Crippen molar-refractivity contribution in [3.8, 4) is 0 Å². The van der Waals surface area contributed by atoms with E-state index in [1.165, 1.54) is 0 Å². The van der Waals surface area contributed by atoms with Crippen LogP contribution in [-0.2, 0) is 4.79 Å². The van der Waals surface area contributed by atoms with E-state index in [1.54, 1.807) is 11.3 Å². The molecule has 0 saturated heterocycles. The Balaban J connectivity index is 2.42. The number of thiophene rings is 1. The molecule has 0 radical (unpaired) electrons. The van der Waals surface area contributed by atoms with Gasteiger partial charge in [-0.05, 0) is 17.9 Å². The molecule has 0 bridgehead atoms. The maximum atomic E-state index is 11.2. The van der Waals surface area contributed by atoms with Gasteiger partial charge in [-0.15, -0.1) is 11.3 Å². The van der Waals surface area contributed by atoms with Gasteiger partial charge >= 0.3 is 0 Å². The van der Waals surface area contributed by atoms with Gasteiger partial charge in [0.1, 0.15) is 4.95 Å². The number of rotatable bonds is 4. The summed E-state index contributed by atoms with van der Waals surface area (Å²) in [7, 11) is 0. The molecule has 1 N–H and O–H groups in total. The molecule has 4 heteroatoms. The van der Waals surface area contributed by atoms with Gasteiger partial charge in [-0.1, -0.05) is 28.9 Å². The van der Waals surface area contributed by atoms with Gasteiger partial charge in [0.15, 0.2) is 0 Å². The zero-order valence-electron chi connectivity index (χ0n) is 7.42. The molecule has 2 nitrogen and oxygen atoms in total. The first-order valence-electron chi connectivity index (χ1n) is 4.21. The normalized spacial score (nSPS) is 12.5. The van der Waals surface area contributed by atoms with Crippen LogP contribution < -0.4 is 5.32 Å². The number of amides is 1. The third-order valence-corrected chi connectivity index (χ3v) is 3.52. The highest BCUT2D eigenvalue weighted by molar-refractivity contribution is 9.09. The Hall–Kier alpha value is -0.350. The molecular formula is C9H12BrNOS. The standard InChI is InChI=1S/C9H12BrNOS/c1-2-4-8(12)11-9(10)7-5-3-6-13-7/h3,5-6,9H,2,4H2,1H3,(H,11,12). The second-order valence-electron chi connectivity index (χ2n) is 2.70. The number of hydrogen-bond acceptors (Lipinski definition) is 2. The Morgan fingerprint density at radius 1 is 1.77 bits per heavy atom. The third kappa shape index (κ3) is 3.48. The van der Waals surface area contributed by atoms with E-state index < -0.39 is 0 Å². The fraction of sp³-hybridized carbons (Fsp3) is 0.444. The van der Waals surface area contributed by atoms with Gasteiger partial charge in [-0.25, -0.2) is 0 Å². The molecule has 1 aromatic rings. The summed E-state index contributed by atoms with van der Waals surface area (Å²) in [5.41, 5.74) is 0. The van der Waals surface area contributed by atoms with Crippen LogP contribution in [-0.4, -0.2) is 5.91 Å². The van der Waals surface area contributed by atoms with Crippen molar-refractivity contribution >= 4 is 33.2 Å². The average Bonchev–Trinajstić information content (AvgIpc) is 2.55. The maximum Gasteiger partial charge on any atom is 0.221 e. The van der Waals surface area contributed by atoms with Crippen molar-refractivity contribution in [2.45, 2.75) is 24.7 Å². The number of hydrogen-bond donors (Lipinski definition) is 1. The fourth-order valence-electron chi connectivity index (χ4n) is 0.947. The van der Waals surface area contributed by atoms with E-state index in [1.807, 2.05) is 24.4 Å². The molecule has 0 spiro atoms. The summed E-state index contributed by atoms with van der Waals surface area (Å²) in [6.45, 7) is 1.99. The summed E-state index contributed by atoms with van der Waals surface area (Å²) in [5.74, 6) is 0.0952. The summed E-state index contributed by atoms with van der Waals surface area (Å²) in [5, 5.41) is 4.87. The Labute approximate surface area is 90.5 Å². The molecule has 1 rings (SSSR count). The zero-order valence-corrected chi connectivity index (χ0v) is 9.82. The Morgan fingerprint density at radius 2 is 2.54 bits per heavy atom. The Kier molecular flexibility index (Phi) is 4.45. The van der Waals surface area contributed by atoms with Crippen LogP contribution in [0.2, 0.25) is 0 Å². The maximum absolute atomic E-state index is 11.2. The van der Waals surface area contributed by atoms with Crippen molar-refractivity contribution in [1.29, 1.82) is 0 Å². The summed E-state index contributed by atoms with van der Waals surface area (Å²) >= 11 is 5.04. The number of halogens is 1. The molecular weight excluding hydrogens is 250 g/mol. The van der Waals surface area contributed by atoms with Crippen molar-refractivity contribution in [3.05, 3.63) is 22.4 Å². The molecule has 1 unspecified atom stereocenters. The summed E-state index contributed by atoms with van der Waals surface area (Å²) < 4.78 is 0. The van der Waals surface area contributed by atoms with Crippen LogP contribution in [0.1, 0.15) is 29.6 Å². The lowest BCUT2D eigenvalue weighted by Gasteiger charge is -2.09. The van der Waals surface area contributed by atoms with Crippen LogP contribution in [0.3, 0.4) is 0 Å². The van der Waals surface area contributed by atoms with Gasteiger partial charge in [0.25, 0.3) is 0 Å². The largest absolute Gasteiger partial charge is 0.339 e. The highest BCUT2D eigenvalue weighted by Gasteiger charge is 2.10. The first-order valence-corrected chi connectivity index (χ1v) is 6.00. The van der Waals surface area contributed by atoms with Gasteiger partial charge in [0.2, 0.25) is 5.91 Å². The minimum absolute atomic E-state index is 0.0356. The molecule has 0 aliphatic heterocycles. The van der Waals surface area contributed by atoms with Crippen LogP contribution in [0, 0.1) is 0 Å². The molecule has 1 aromatic heterocycles. The lowest BCUT2D eigenvalue weighted by atomic mass is 10.3. The number of nitrogens with one attached hydrogen (secondary N) is 1. The van der Waals surface area contributed by atoms with Gasteiger partial charge in [0, 0.05) is 11.3 Å². The van der Waals surface area contributed by atoms with Crippen LogP contribution in [0.15, 0.2) is 17.5 Å². The highest BCUT2D eigenvalue weighted by atomic mass is 79.9. The van der Waals surface area contributed by atoms with Gasteiger partial charge in [0.05, 0.1) is 0 Å². The lowest BCUT2D eigenvalue weighted by molar-refractivity contribution is -0.121. The van der Waals surface area contributed by atoms with E-state index in [4.69, 9.17) is 0 Å². The Morgan fingerprint density at radius 3 is 3.08 bits per heavy atom. The van der Waals surface area contributed by atoms with Crippen molar-refractivity contribution in [1.82, 2.24) is 5.32 Å². The predicted molar refractivity (Wildman–Crippen MR) is 59.0 cm³/mol. The molecule has 0 aromatic carbocycles. The van der Waals surface area contributed by atoms with Crippen molar-refractivity contribution in [2.75, 3.05) is 0 Å². The second kappa shape index (κ2) is 5.40. The molecule has 0 fully saturated rings. The number of carbonyl (C=O) groups excluding carboxylic acids is 1. The van der Waals surface area contributed by atoms with Crippen LogP contribution in [0.5, 0.6) is 0 Å². The monoisotopic (exact) mass is 261 g/mol. The quantitative estimate of drug-likeness (QED) is 0.655. The van der Waals surface area contributed by atoms with E-state index in [-0.39, 0.29) is 10.9 Å². The molecule has 0 saturated carbocycles.